The number of fused-ring (bicyclic) bond motifs is 1. The molecule has 0 aliphatic carbocycles. The van der Waals surface area contributed by atoms with Gasteiger partial charge in [0.15, 0.2) is 5.69 Å². The number of benzene rings is 2. The molecule has 9 heteroatoms. The molecule has 29 heavy (non-hydrogen) atoms. The molecule has 1 aromatic heterocycles. The normalized spacial score (nSPS) is 13.0. The maximum absolute atomic E-state index is 13.1. The third-order valence-corrected chi connectivity index (χ3v) is 4.60. The van der Waals surface area contributed by atoms with E-state index < -0.39 is 29.7 Å². The minimum Gasteiger partial charge on any atom is -0.481 e. The van der Waals surface area contributed by atoms with E-state index >= 15 is 0 Å². The van der Waals surface area contributed by atoms with Crippen LogP contribution in [0.15, 0.2) is 48.5 Å². The first-order chi connectivity index (χ1) is 13.8. The molecule has 0 saturated carbocycles. The number of hydrogen-bond acceptors (Lipinski definition) is 4. The summed E-state index contributed by atoms with van der Waals surface area (Å²) >= 11 is 0. The Labute approximate surface area is 165 Å². The number of aromatic nitrogens is 2. The summed E-state index contributed by atoms with van der Waals surface area (Å²) in [6.07, 6.45) is 0. The fraction of sp³-hybridized carbons (Fsp3) is 0.200. The van der Waals surface area contributed by atoms with E-state index in [1.807, 2.05) is 0 Å². The molecule has 2 amide bonds. The van der Waals surface area contributed by atoms with E-state index in [9.17, 15) is 18.8 Å². The monoisotopic (exact) mass is 398 g/mol. The Balaban J connectivity index is 1.94. The van der Waals surface area contributed by atoms with Gasteiger partial charge in [0.1, 0.15) is 11.9 Å². The van der Waals surface area contributed by atoms with Crippen LogP contribution in [0.2, 0.25) is 0 Å². The van der Waals surface area contributed by atoms with Crippen LogP contribution in [-0.4, -0.2) is 38.7 Å². The van der Waals surface area contributed by atoms with Gasteiger partial charge in [-0.05, 0) is 30.7 Å². The Kier molecular flexibility index (Phi) is 5.58. The number of nitrogens with one attached hydrogen (secondary N) is 1. The summed E-state index contributed by atoms with van der Waals surface area (Å²) in [6, 6.07) is 11.5. The third kappa shape index (κ3) is 4.23. The number of nitrogens with two attached hydrogens (primary N) is 1. The fourth-order valence-electron chi connectivity index (χ4n) is 2.97. The summed E-state index contributed by atoms with van der Waals surface area (Å²) in [5.41, 5.74) is 6.73. The molecule has 0 fully saturated rings. The smallest absolute Gasteiger partial charge is 0.308 e. The summed E-state index contributed by atoms with van der Waals surface area (Å²) in [5.74, 6) is -4.49. The number of hydrogen-bond donors (Lipinski definition) is 3. The lowest BCUT2D eigenvalue weighted by atomic mass is 10.0. The number of halogens is 1. The molecule has 0 aliphatic rings. The van der Waals surface area contributed by atoms with E-state index in [1.54, 1.807) is 41.1 Å². The van der Waals surface area contributed by atoms with Crippen LogP contribution in [0.4, 0.5) is 4.39 Å². The standard InChI is InChI=1S/C20H19FN4O4/c1-11(20(28)29)16(18(22)26)23-19(27)17-14-4-2-3-5-15(14)25(24-17)10-12-6-8-13(21)9-7-12/h2-9,11,16H,10H2,1H3,(H2,22,26)(H,23,27)(H,28,29). The van der Waals surface area contributed by atoms with E-state index in [0.717, 1.165) is 5.56 Å². The summed E-state index contributed by atoms with van der Waals surface area (Å²) in [6.45, 7) is 1.57. The Hall–Kier alpha value is -3.75. The van der Waals surface area contributed by atoms with Crippen molar-refractivity contribution in [1.82, 2.24) is 15.1 Å². The van der Waals surface area contributed by atoms with Gasteiger partial charge >= 0.3 is 5.97 Å². The largest absolute Gasteiger partial charge is 0.481 e. The first-order valence-electron chi connectivity index (χ1n) is 8.81. The van der Waals surface area contributed by atoms with Crippen molar-refractivity contribution >= 4 is 28.7 Å². The number of aliphatic carboxylic acids is 1. The average Bonchev–Trinajstić information content (AvgIpc) is 3.05. The Morgan fingerprint density at radius 3 is 2.45 bits per heavy atom. The van der Waals surface area contributed by atoms with Crippen molar-refractivity contribution in [3.05, 3.63) is 65.6 Å². The van der Waals surface area contributed by atoms with Crippen LogP contribution >= 0.6 is 0 Å². The first kappa shape index (κ1) is 20.0. The maximum Gasteiger partial charge on any atom is 0.308 e. The second-order valence-corrected chi connectivity index (χ2v) is 6.63. The lowest BCUT2D eigenvalue weighted by Gasteiger charge is -2.18. The molecule has 0 bridgehead atoms. The van der Waals surface area contributed by atoms with Crippen LogP contribution in [0, 0.1) is 11.7 Å². The number of carboxylic acids is 1. The molecule has 2 aromatic carbocycles. The molecule has 0 aliphatic heterocycles. The van der Waals surface area contributed by atoms with E-state index in [-0.39, 0.29) is 11.5 Å². The molecule has 3 rings (SSSR count). The molecule has 2 unspecified atom stereocenters. The molecule has 0 spiro atoms. The van der Waals surface area contributed by atoms with Crippen LogP contribution in [-0.2, 0) is 16.1 Å². The van der Waals surface area contributed by atoms with Crippen LogP contribution in [0.5, 0.6) is 0 Å². The molecule has 4 N–H and O–H groups in total. The van der Waals surface area contributed by atoms with Gasteiger partial charge in [0.05, 0.1) is 18.0 Å². The quantitative estimate of drug-likeness (QED) is 0.556. The summed E-state index contributed by atoms with van der Waals surface area (Å²) in [5, 5.41) is 16.4. The number of amides is 2. The van der Waals surface area contributed by atoms with Gasteiger partial charge < -0.3 is 16.2 Å². The summed E-state index contributed by atoms with van der Waals surface area (Å²) in [7, 11) is 0. The Bertz CT molecular complexity index is 1080. The SMILES string of the molecule is CC(C(=O)O)C(NC(=O)c1nn(Cc2ccc(F)cc2)c2ccccc12)C(N)=O. The molecular formula is C20H19FN4O4. The second-order valence-electron chi connectivity index (χ2n) is 6.63. The van der Waals surface area contributed by atoms with Crippen LogP contribution in [0.25, 0.3) is 10.9 Å². The number of nitrogens with zero attached hydrogens (tertiary/aromatic N) is 2. The first-order valence-corrected chi connectivity index (χ1v) is 8.81. The molecule has 8 nitrogen and oxygen atoms in total. The molecule has 3 aromatic rings. The van der Waals surface area contributed by atoms with Gasteiger partial charge in [-0.1, -0.05) is 30.3 Å². The number of para-hydroxylation sites is 1. The van der Waals surface area contributed by atoms with Crippen molar-refractivity contribution in [2.75, 3.05) is 0 Å². The topological polar surface area (TPSA) is 127 Å². The fourth-order valence-corrected chi connectivity index (χ4v) is 2.97. The van der Waals surface area contributed by atoms with Gasteiger partial charge in [-0.25, -0.2) is 4.39 Å². The Morgan fingerprint density at radius 1 is 1.17 bits per heavy atom. The average molecular weight is 398 g/mol. The van der Waals surface area contributed by atoms with Crippen LogP contribution in [0.3, 0.4) is 0 Å². The van der Waals surface area contributed by atoms with E-state index in [1.165, 1.54) is 19.1 Å². The number of primary amides is 1. The third-order valence-electron chi connectivity index (χ3n) is 4.60. The number of carbonyl (C=O) groups is 3. The Morgan fingerprint density at radius 2 is 1.83 bits per heavy atom. The highest BCUT2D eigenvalue weighted by Crippen LogP contribution is 2.20. The highest BCUT2D eigenvalue weighted by molar-refractivity contribution is 6.06. The highest BCUT2D eigenvalue weighted by atomic mass is 19.1. The van der Waals surface area contributed by atoms with Gasteiger partial charge in [-0.15, -0.1) is 0 Å². The van der Waals surface area contributed by atoms with Crippen molar-refractivity contribution in [3.8, 4) is 0 Å². The molecule has 0 radical (unpaired) electrons. The predicted octanol–water partition coefficient (Wildman–Crippen LogP) is 1.53. The minimum atomic E-state index is -1.39. The van der Waals surface area contributed by atoms with Crippen LogP contribution in [0.1, 0.15) is 23.0 Å². The summed E-state index contributed by atoms with van der Waals surface area (Å²) < 4.78 is 14.7. The van der Waals surface area contributed by atoms with Gasteiger partial charge in [-0.3, -0.25) is 19.1 Å². The lowest BCUT2D eigenvalue weighted by Crippen LogP contribution is -2.50. The van der Waals surface area contributed by atoms with Gasteiger partial charge in [-0.2, -0.15) is 5.10 Å². The van der Waals surface area contributed by atoms with Gasteiger partial charge in [0, 0.05) is 5.39 Å². The van der Waals surface area contributed by atoms with E-state index in [2.05, 4.69) is 10.4 Å². The maximum atomic E-state index is 13.1. The lowest BCUT2D eigenvalue weighted by molar-refractivity contribution is -0.144. The van der Waals surface area contributed by atoms with Crippen molar-refractivity contribution < 1.29 is 23.9 Å². The zero-order valence-corrected chi connectivity index (χ0v) is 15.5. The molecule has 0 saturated heterocycles. The minimum absolute atomic E-state index is 0.0338. The molecular weight excluding hydrogens is 379 g/mol. The molecule has 2 atom stereocenters. The predicted molar refractivity (Wildman–Crippen MR) is 102 cm³/mol. The van der Waals surface area contributed by atoms with Crippen molar-refractivity contribution in [3.63, 3.8) is 0 Å². The van der Waals surface area contributed by atoms with Crippen LogP contribution < -0.4 is 11.1 Å². The van der Waals surface area contributed by atoms with E-state index in [0.29, 0.717) is 17.4 Å². The van der Waals surface area contributed by atoms with Crippen molar-refractivity contribution in [2.45, 2.75) is 19.5 Å². The van der Waals surface area contributed by atoms with Crippen molar-refractivity contribution in [1.29, 1.82) is 0 Å². The number of rotatable bonds is 7. The molecule has 1 heterocycles. The second kappa shape index (κ2) is 8.09. The highest BCUT2D eigenvalue weighted by Gasteiger charge is 2.31. The van der Waals surface area contributed by atoms with Gasteiger partial charge in [0.25, 0.3) is 5.91 Å². The zero-order valence-electron chi connectivity index (χ0n) is 15.5. The summed E-state index contributed by atoms with van der Waals surface area (Å²) in [4.78, 5) is 35.6. The zero-order chi connectivity index (χ0) is 21.1. The van der Waals surface area contributed by atoms with E-state index in [4.69, 9.17) is 10.8 Å². The molecule has 150 valence electrons. The number of carboxylic acid groups (broad SMARTS) is 1. The van der Waals surface area contributed by atoms with Gasteiger partial charge in [0.2, 0.25) is 5.91 Å². The van der Waals surface area contributed by atoms with Crippen molar-refractivity contribution in [2.24, 2.45) is 11.7 Å². The number of carbonyl (C=O) groups excluding carboxylic acids is 2.